The normalized spacial score (nSPS) is 28.1. The highest BCUT2D eigenvalue weighted by Crippen LogP contribution is 2.64. The molecule has 0 amide bonds. The fourth-order valence-corrected chi connectivity index (χ4v) is 6.20. The van der Waals surface area contributed by atoms with Crippen molar-refractivity contribution in [2.45, 2.75) is 45.6 Å². The number of carbonyl (C=O) groups is 2. The summed E-state index contributed by atoms with van der Waals surface area (Å²) in [5.74, 6) is -1.33. The number of hydrogen-bond donors (Lipinski definition) is 1. The fraction of sp³-hybridized carbons (Fsp3) is 0.611. The summed E-state index contributed by atoms with van der Waals surface area (Å²) in [6, 6.07) is 2.33. The lowest BCUT2D eigenvalue weighted by molar-refractivity contribution is -0.135. The minimum Gasteiger partial charge on any atom is -0.344 e. The molecule has 2 N–H and O–H groups in total. The van der Waals surface area contributed by atoms with Gasteiger partial charge in [0.1, 0.15) is 11.8 Å². The second-order valence-electron chi connectivity index (χ2n) is 7.94. The lowest BCUT2D eigenvalue weighted by Gasteiger charge is -2.35. The Morgan fingerprint density at radius 2 is 2.19 bits per heavy atom. The molecule has 26 heavy (non-hydrogen) atoms. The second kappa shape index (κ2) is 6.42. The number of nitrogens with two attached hydrogens (primary N) is 1. The van der Waals surface area contributed by atoms with Crippen LogP contribution in [0.4, 0.5) is 0 Å². The molecule has 1 heterocycles. The molecule has 2 fully saturated rings. The van der Waals surface area contributed by atoms with E-state index in [0.717, 1.165) is 6.42 Å². The number of fused-ring (bicyclic) bond motifs is 2. The number of nitrogens with zero attached hydrogens (tertiary/aromatic N) is 1. The summed E-state index contributed by atoms with van der Waals surface area (Å²) >= 11 is 0. The third kappa shape index (κ3) is 3.16. The van der Waals surface area contributed by atoms with E-state index in [9.17, 15) is 18.0 Å². The molecule has 0 aromatic carbocycles. The Hall–Kier alpha value is -1.80. The zero-order chi connectivity index (χ0) is 19.2. The van der Waals surface area contributed by atoms with Gasteiger partial charge < -0.3 is 9.92 Å². The summed E-state index contributed by atoms with van der Waals surface area (Å²) in [6.45, 7) is 3.86. The molecule has 3 rings (SSSR count). The Kier molecular flexibility index (Phi) is 4.69. The molecule has 7 nitrogen and oxygen atoms in total. The average molecular weight is 380 g/mol. The van der Waals surface area contributed by atoms with Crippen molar-refractivity contribution in [2.75, 3.05) is 5.75 Å². The Morgan fingerprint density at radius 1 is 1.46 bits per heavy atom. The third-order valence-electron chi connectivity index (χ3n) is 6.25. The maximum atomic E-state index is 12.5. The van der Waals surface area contributed by atoms with Gasteiger partial charge in [0.25, 0.3) is 0 Å². The smallest absolute Gasteiger partial charge is 0.339 e. The SMILES string of the molecule is CC1(C)C2CCC1(CS(=O)(=O)OC(=O)[C@@H](N)Cc1cccnc1)C(=O)C2. The summed E-state index contributed by atoms with van der Waals surface area (Å²) in [6.07, 6.45) is 5.01. The van der Waals surface area contributed by atoms with E-state index in [1.807, 2.05) is 13.8 Å². The molecule has 0 radical (unpaired) electrons. The number of pyridine rings is 1. The molecule has 0 spiro atoms. The van der Waals surface area contributed by atoms with E-state index >= 15 is 0 Å². The largest absolute Gasteiger partial charge is 0.344 e. The van der Waals surface area contributed by atoms with Crippen molar-refractivity contribution < 1.29 is 22.2 Å². The predicted octanol–water partition coefficient (Wildman–Crippen LogP) is 1.22. The van der Waals surface area contributed by atoms with Crippen LogP contribution in [0, 0.1) is 16.7 Å². The van der Waals surface area contributed by atoms with Crippen LogP contribution in [-0.2, 0) is 30.3 Å². The lowest BCUT2D eigenvalue weighted by atomic mass is 9.70. The van der Waals surface area contributed by atoms with Crippen molar-refractivity contribution >= 4 is 21.9 Å². The van der Waals surface area contributed by atoms with Gasteiger partial charge in [0.05, 0.1) is 11.2 Å². The number of rotatable bonds is 6. The molecular formula is C18H24N2O5S. The van der Waals surface area contributed by atoms with E-state index in [2.05, 4.69) is 4.98 Å². The third-order valence-corrected chi connectivity index (χ3v) is 7.52. The summed E-state index contributed by atoms with van der Waals surface area (Å²) in [5, 5.41) is 0. The maximum Gasteiger partial charge on any atom is 0.339 e. The van der Waals surface area contributed by atoms with Gasteiger partial charge in [-0.05, 0) is 42.2 Å². The molecule has 1 aromatic heterocycles. The van der Waals surface area contributed by atoms with Crippen LogP contribution in [0.25, 0.3) is 0 Å². The summed E-state index contributed by atoms with van der Waals surface area (Å²) in [7, 11) is -4.22. The molecular weight excluding hydrogens is 356 g/mol. The molecule has 2 unspecified atom stereocenters. The van der Waals surface area contributed by atoms with Crippen molar-refractivity contribution in [2.24, 2.45) is 22.5 Å². The van der Waals surface area contributed by atoms with Gasteiger partial charge in [0.15, 0.2) is 0 Å². The second-order valence-corrected chi connectivity index (χ2v) is 9.51. The quantitative estimate of drug-likeness (QED) is 0.738. The first-order chi connectivity index (χ1) is 12.1. The monoisotopic (exact) mass is 380 g/mol. The van der Waals surface area contributed by atoms with Crippen molar-refractivity contribution in [1.29, 1.82) is 0 Å². The van der Waals surface area contributed by atoms with Gasteiger partial charge in [0.2, 0.25) is 0 Å². The van der Waals surface area contributed by atoms with E-state index < -0.39 is 38.7 Å². The van der Waals surface area contributed by atoms with E-state index in [0.29, 0.717) is 18.4 Å². The van der Waals surface area contributed by atoms with Crippen LogP contribution in [0.5, 0.6) is 0 Å². The van der Waals surface area contributed by atoms with Crippen LogP contribution >= 0.6 is 0 Å². The minimum absolute atomic E-state index is 0.0435. The first-order valence-corrected chi connectivity index (χ1v) is 10.3. The molecule has 0 saturated heterocycles. The van der Waals surface area contributed by atoms with Crippen LogP contribution in [-0.4, -0.2) is 36.9 Å². The van der Waals surface area contributed by atoms with Gasteiger partial charge in [-0.15, -0.1) is 0 Å². The topological polar surface area (TPSA) is 116 Å². The first-order valence-electron chi connectivity index (χ1n) is 8.71. The van der Waals surface area contributed by atoms with E-state index in [1.165, 1.54) is 0 Å². The molecule has 1 aromatic rings. The zero-order valence-electron chi connectivity index (χ0n) is 15.0. The molecule has 8 heteroatoms. The van der Waals surface area contributed by atoms with Crippen molar-refractivity contribution in [3.63, 3.8) is 0 Å². The Balaban J connectivity index is 1.69. The van der Waals surface area contributed by atoms with Gasteiger partial charge in [-0.2, -0.15) is 8.42 Å². The van der Waals surface area contributed by atoms with Gasteiger partial charge >= 0.3 is 16.1 Å². The molecule has 142 valence electrons. The van der Waals surface area contributed by atoms with Gasteiger partial charge in [0, 0.05) is 18.8 Å². The standard InChI is InChI=1S/C18H24N2O5S/c1-17(2)13-5-6-18(17,15(21)9-13)11-26(23,24)25-16(22)14(19)8-12-4-3-7-20-10-12/h3-4,7,10,13-14H,5-6,8-9,11,19H2,1-2H3/t13?,14-,18?/m0/s1. The van der Waals surface area contributed by atoms with Crippen molar-refractivity contribution in [3.8, 4) is 0 Å². The van der Waals surface area contributed by atoms with E-state index in [1.54, 1.807) is 24.5 Å². The average Bonchev–Trinajstić information content (AvgIpc) is 2.89. The van der Waals surface area contributed by atoms with Gasteiger partial charge in [-0.3, -0.25) is 9.78 Å². The molecule has 0 aliphatic heterocycles. The summed E-state index contributed by atoms with van der Waals surface area (Å²) in [4.78, 5) is 28.6. The van der Waals surface area contributed by atoms with E-state index in [-0.39, 0.29) is 18.1 Å². The highest BCUT2D eigenvalue weighted by molar-refractivity contribution is 7.87. The van der Waals surface area contributed by atoms with Crippen molar-refractivity contribution in [1.82, 2.24) is 4.98 Å². The van der Waals surface area contributed by atoms with Crippen LogP contribution in [0.3, 0.4) is 0 Å². The zero-order valence-corrected chi connectivity index (χ0v) is 15.8. The predicted molar refractivity (Wildman–Crippen MR) is 94.4 cm³/mol. The molecule has 2 aliphatic rings. The van der Waals surface area contributed by atoms with Gasteiger partial charge in [-0.25, -0.2) is 4.79 Å². The number of Topliss-reactive ketones (excluding diaryl/α,β-unsaturated/α-hetero) is 1. The van der Waals surface area contributed by atoms with Crippen LogP contribution in [0.2, 0.25) is 0 Å². The number of ketones is 1. The Morgan fingerprint density at radius 3 is 2.73 bits per heavy atom. The van der Waals surface area contributed by atoms with Crippen LogP contribution in [0.15, 0.2) is 24.5 Å². The summed E-state index contributed by atoms with van der Waals surface area (Å²) in [5.41, 5.74) is 5.11. The Bertz CT molecular complexity index is 821. The molecule has 2 bridgehead atoms. The Labute approximate surface area is 153 Å². The molecule has 2 aliphatic carbocycles. The number of aromatic nitrogens is 1. The minimum atomic E-state index is -4.22. The van der Waals surface area contributed by atoms with Crippen molar-refractivity contribution in [3.05, 3.63) is 30.1 Å². The highest BCUT2D eigenvalue weighted by atomic mass is 32.2. The maximum absolute atomic E-state index is 12.5. The van der Waals surface area contributed by atoms with Crippen LogP contribution < -0.4 is 5.73 Å². The number of carbonyl (C=O) groups excluding carboxylic acids is 2. The number of hydrogen-bond acceptors (Lipinski definition) is 7. The molecule has 2 saturated carbocycles. The molecule has 3 atom stereocenters. The van der Waals surface area contributed by atoms with Gasteiger partial charge in [-0.1, -0.05) is 19.9 Å². The highest BCUT2D eigenvalue weighted by Gasteiger charge is 2.65. The first kappa shape index (κ1) is 19.0. The fourth-order valence-electron chi connectivity index (χ4n) is 4.48. The lowest BCUT2D eigenvalue weighted by Crippen LogP contribution is -2.44. The van der Waals surface area contributed by atoms with Crippen LogP contribution in [0.1, 0.15) is 38.7 Å². The summed E-state index contributed by atoms with van der Waals surface area (Å²) < 4.78 is 29.8. The van der Waals surface area contributed by atoms with E-state index in [4.69, 9.17) is 9.92 Å².